The highest BCUT2D eigenvalue weighted by atomic mass is 28.4. The van der Waals surface area contributed by atoms with Crippen molar-refractivity contribution in [3.05, 3.63) is 25.3 Å². The molecule has 0 N–H and O–H groups in total. The molecule has 1 saturated heterocycles. The Labute approximate surface area is 171 Å². The zero-order valence-electron chi connectivity index (χ0n) is 18.2. The molecule has 1 heterocycles. The van der Waals surface area contributed by atoms with Gasteiger partial charge in [0.15, 0.2) is 0 Å². The van der Waals surface area contributed by atoms with Crippen LogP contribution < -0.4 is 0 Å². The predicted octanol–water partition coefficient (Wildman–Crippen LogP) is 3.12. The largest absolute Gasteiger partial charge is 0.566 e. The number of ether oxygens (including phenoxy) is 4. The van der Waals surface area contributed by atoms with Crippen LogP contribution >= 0.6 is 0 Å². The van der Waals surface area contributed by atoms with Crippen LogP contribution in [0.15, 0.2) is 25.3 Å². The molecule has 0 spiro atoms. The summed E-state index contributed by atoms with van der Waals surface area (Å²) >= 11 is 0. The third-order valence-electron chi connectivity index (χ3n) is 4.92. The lowest BCUT2D eigenvalue weighted by Gasteiger charge is -2.37. The summed E-state index contributed by atoms with van der Waals surface area (Å²) < 4.78 is 41.3. The van der Waals surface area contributed by atoms with Crippen molar-refractivity contribution in [2.45, 2.75) is 45.1 Å². The van der Waals surface area contributed by atoms with Crippen molar-refractivity contribution < 1.29 is 32.2 Å². The molecule has 0 bridgehead atoms. The van der Waals surface area contributed by atoms with Gasteiger partial charge in [0.05, 0.1) is 26.4 Å². The highest BCUT2D eigenvalue weighted by Crippen LogP contribution is 2.47. The molecule has 2 unspecified atom stereocenters. The summed E-state index contributed by atoms with van der Waals surface area (Å²) in [7, 11) is -0.116. The lowest BCUT2D eigenvalue weighted by atomic mass is 9.88. The fourth-order valence-electron chi connectivity index (χ4n) is 3.03. The van der Waals surface area contributed by atoms with Gasteiger partial charge in [-0.2, -0.15) is 0 Å². The second kappa shape index (κ2) is 12.2. The molecule has 8 heteroatoms. The van der Waals surface area contributed by atoms with Crippen LogP contribution in [0.5, 0.6) is 0 Å². The molecule has 2 atom stereocenters. The maximum absolute atomic E-state index is 6.37. The molecular weight excluding hydrogens is 380 g/mol. The first-order valence-corrected chi connectivity index (χ1v) is 11.6. The van der Waals surface area contributed by atoms with Crippen LogP contribution in [0, 0.1) is 5.41 Å². The summed E-state index contributed by atoms with van der Waals surface area (Å²) in [5.74, 6) is 0. The third-order valence-corrected chi connectivity index (χ3v) is 8.04. The number of epoxide rings is 1. The SMILES string of the molecule is C=CCOCC(CC)(COCC=C)CO[Si](OC)(OC)C1(OCCC)OC1C. The molecule has 0 aromatic rings. The molecule has 1 aliphatic rings. The maximum atomic E-state index is 6.37. The average Bonchev–Trinajstić information content (AvgIpc) is 3.38. The molecule has 0 aromatic carbocycles. The minimum atomic E-state index is -3.28. The van der Waals surface area contributed by atoms with E-state index in [0.717, 1.165) is 12.8 Å². The zero-order valence-corrected chi connectivity index (χ0v) is 19.2. The van der Waals surface area contributed by atoms with Crippen molar-refractivity contribution in [1.29, 1.82) is 0 Å². The summed E-state index contributed by atoms with van der Waals surface area (Å²) in [5, 5.41) is 0. The first-order chi connectivity index (χ1) is 13.4. The van der Waals surface area contributed by atoms with Gasteiger partial charge in [-0.3, -0.25) is 0 Å². The molecule has 28 heavy (non-hydrogen) atoms. The lowest BCUT2D eigenvalue weighted by molar-refractivity contribution is -0.0891. The van der Waals surface area contributed by atoms with Gasteiger partial charge >= 0.3 is 8.80 Å². The molecule has 1 aliphatic heterocycles. The second-order valence-corrected chi connectivity index (χ2v) is 9.90. The number of hydrogen-bond acceptors (Lipinski definition) is 7. The van der Waals surface area contributed by atoms with E-state index in [2.05, 4.69) is 20.1 Å². The molecule has 0 radical (unpaired) electrons. The third kappa shape index (κ3) is 5.96. The van der Waals surface area contributed by atoms with E-state index in [-0.39, 0.29) is 11.5 Å². The fraction of sp³-hybridized carbons (Fsp3) is 0.800. The van der Waals surface area contributed by atoms with Crippen LogP contribution in [0.3, 0.4) is 0 Å². The summed E-state index contributed by atoms with van der Waals surface area (Å²) in [4.78, 5) is 0. The standard InChI is InChI=1S/C20H38O7Si/c1-8-12-23-15-19(11-4,16-24-13-9-2)17-26-28(21-6,22-7)20(18(5)27-20)25-14-10-3/h8-9,18H,1-2,10-17H2,3-7H3. The molecule has 1 rings (SSSR count). The molecule has 0 aromatic heterocycles. The van der Waals surface area contributed by atoms with Crippen molar-refractivity contribution >= 4 is 8.80 Å². The van der Waals surface area contributed by atoms with Gasteiger partial charge < -0.3 is 32.2 Å². The van der Waals surface area contributed by atoms with Crippen LogP contribution in [0.25, 0.3) is 0 Å². The van der Waals surface area contributed by atoms with Crippen molar-refractivity contribution in [3.63, 3.8) is 0 Å². The van der Waals surface area contributed by atoms with E-state index >= 15 is 0 Å². The Morgan fingerprint density at radius 3 is 1.93 bits per heavy atom. The van der Waals surface area contributed by atoms with Gasteiger partial charge in [-0.15, -0.1) is 13.2 Å². The van der Waals surface area contributed by atoms with Crippen molar-refractivity contribution in [3.8, 4) is 0 Å². The van der Waals surface area contributed by atoms with E-state index in [1.54, 1.807) is 26.4 Å². The van der Waals surface area contributed by atoms with E-state index < -0.39 is 14.2 Å². The Morgan fingerprint density at radius 1 is 1.04 bits per heavy atom. The van der Waals surface area contributed by atoms with Crippen LogP contribution in [-0.2, 0) is 32.2 Å². The Bertz CT molecular complexity index is 455. The summed E-state index contributed by atoms with van der Waals surface area (Å²) in [6, 6.07) is 0. The van der Waals surface area contributed by atoms with E-state index in [0.29, 0.717) is 39.6 Å². The van der Waals surface area contributed by atoms with Crippen LogP contribution in [0.1, 0.15) is 33.6 Å². The topological polar surface area (TPSA) is 67.9 Å². The molecule has 164 valence electrons. The minimum Gasteiger partial charge on any atom is -0.377 e. The van der Waals surface area contributed by atoms with Crippen LogP contribution in [-0.4, -0.2) is 74.2 Å². The van der Waals surface area contributed by atoms with Gasteiger partial charge in [0.25, 0.3) is 5.41 Å². The highest BCUT2D eigenvalue weighted by molar-refractivity contribution is 6.64. The van der Waals surface area contributed by atoms with E-state index in [9.17, 15) is 0 Å². The minimum absolute atomic E-state index is 0.157. The normalized spacial score (nSPS) is 22.2. The molecule has 0 saturated carbocycles. The first-order valence-electron chi connectivity index (χ1n) is 9.88. The van der Waals surface area contributed by atoms with E-state index in [1.165, 1.54) is 0 Å². The molecule has 7 nitrogen and oxygen atoms in total. The highest BCUT2D eigenvalue weighted by Gasteiger charge is 2.77. The first kappa shape index (κ1) is 25.5. The molecule has 0 amide bonds. The summed E-state index contributed by atoms with van der Waals surface area (Å²) in [6.07, 6.45) is 4.94. The van der Waals surface area contributed by atoms with Crippen molar-refractivity contribution in [2.75, 3.05) is 53.9 Å². The fourth-order valence-corrected chi connectivity index (χ4v) is 5.79. The Morgan fingerprint density at radius 2 is 1.57 bits per heavy atom. The van der Waals surface area contributed by atoms with Gasteiger partial charge in [-0.05, 0) is 19.8 Å². The summed E-state index contributed by atoms with van der Waals surface area (Å²) in [5.41, 5.74) is -1.33. The van der Waals surface area contributed by atoms with Gasteiger partial charge in [0, 0.05) is 32.8 Å². The van der Waals surface area contributed by atoms with Gasteiger partial charge in [0.1, 0.15) is 6.10 Å². The molecular formula is C20H38O7Si. The zero-order chi connectivity index (χ0) is 21.1. The molecule has 1 fully saturated rings. The average molecular weight is 419 g/mol. The Kier molecular flexibility index (Phi) is 11.1. The smallest absolute Gasteiger partial charge is 0.377 e. The Hall–Kier alpha value is -0.583. The van der Waals surface area contributed by atoms with Crippen molar-refractivity contribution in [2.24, 2.45) is 5.41 Å². The summed E-state index contributed by atoms with van der Waals surface area (Å²) in [6.45, 7) is 16.2. The monoisotopic (exact) mass is 418 g/mol. The quantitative estimate of drug-likeness (QED) is 0.147. The maximum Gasteiger partial charge on any atom is 0.566 e. The predicted molar refractivity (Wildman–Crippen MR) is 110 cm³/mol. The lowest BCUT2D eigenvalue weighted by Crippen LogP contribution is -2.61. The van der Waals surface area contributed by atoms with E-state index in [1.807, 2.05) is 13.8 Å². The van der Waals surface area contributed by atoms with Crippen LogP contribution in [0.2, 0.25) is 0 Å². The Balaban J connectivity index is 2.97. The van der Waals surface area contributed by atoms with Crippen LogP contribution in [0.4, 0.5) is 0 Å². The van der Waals surface area contributed by atoms with Crippen molar-refractivity contribution in [1.82, 2.24) is 0 Å². The van der Waals surface area contributed by atoms with Gasteiger partial charge in [-0.25, -0.2) is 0 Å². The van der Waals surface area contributed by atoms with E-state index in [4.69, 9.17) is 32.2 Å². The number of rotatable bonds is 18. The van der Waals surface area contributed by atoms with Gasteiger partial charge in [-0.1, -0.05) is 26.0 Å². The molecule has 0 aliphatic carbocycles. The second-order valence-electron chi connectivity index (χ2n) is 6.99. The van der Waals surface area contributed by atoms with Gasteiger partial charge in [0.2, 0.25) is 0 Å². The number of hydrogen-bond donors (Lipinski definition) is 0.